The predicted molar refractivity (Wildman–Crippen MR) is 114 cm³/mol. The van der Waals surface area contributed by atoms with Gasteiger partial charge in [0.15, 0.2) is 0 Å². The first-order valence-electron chi connectivity index (χ1n) is 11.2. The van der Waals surface area contributed by atoms with Crippen molar-refractivity contribution in [1.29, 1.82) is 0 Å². The van der Waals surface area contributed by atoms with Gasteiger partial charge in [-0.05, 0) is 62.1 Å². The Hall–Kier alpha value is -1.76. The van der Waals surface area contributed by atoms with E-state index in [-0.39, 0.29) is 0 Å². The third kappa shape index (κ3) is 4.11. The summed E-state index contributed by atoms with van der Waals surface area (Å²) in [5.74, 6) is 2.56. The van der Waals surface area contributed by atoms with E-state index in [1.165, 1.54) is 18.4 Å². The molecule has 1 saturated carbocycles. The molecule has 0 unspecified atom stereocenters. The van der Waals surface area contributed by atoms with Crippen molar-refractivity contribution in [2.75, 3.05) is 45.3 Å². The van der Waals surface area contributed by atoms with Crippen LogP contribution >= 0.6 is 0 Å². The molecule has 6 heteroatoms. The van der Waals surface area contributed by atoms with E-state index in [1.807, 2.05) is 0 Å². The molecular weight excluding hydrogens is 364 g/mol. The van der Waals surface area contributed by atoms with Crippen LogP contribution in [0.1, 0.15) is 61.7 Å². The van der Waals surface area contributed by atoms with Crippen molar-refractivity contribution in [3.63, 3.8) is 0 Å². The number of aromatic nitrogens is 2. The van der Waals surface area contributed by atoms with Gasteiger partial charge in [0, 0.05) is 43.6 Å². The number of benzene rings is 1. The number of nitrogens with zero attached hydrogens (tertiary/aromatic N) is 3. The van der Waals surface area contributed by atoms with E-state index >= 15 is 0 Å². The molecule has 2 N–H and O–H groups in total. The first kappa shape index (κ1) is 19.2. The summed E-state index contributed by atoms with van der Waals surface area (Å²) in [6, 6.07) is 7.26. The number of anilines is 1. The summed E-state index contributed by atoms with van der Waals surface area (Å²) in [7, 11) is 0. The van der Waals surface area contributed by atoms with Crippen molar-refractivity contribution in [2.24, 2.45) is 0 Å². The van der Waals surface area contributed by atoms with Crippen LogP contribution in [-0.4, -0.2) is 60.4 Å². The monoisotopic (exact) mass is 396 g/mol. The molecule has 6 nitrogen and oxygen atoms in total. The minimum absolute atomic E-state index is 0.425. The summed E-state index contributed by atoms with van der Waals surface area (Å²) in [6.45, 7) is 5.59. The van der Waals surface area contributed by atoms with Gasteiger partial charge in [-0.3, -0.25) is 4.90 Å². The molecule has 0 bridgehead atoms. The summed E-state index contributed by atoms with van der Waals surface area (Å²) in [5, 5.41) is 1.000. The highest BCUT2D eigenvalue weighted by atomic mass is 16.5. The Bertz CT molecular complexity index is 838. The molecule has 5 rings (SSSR count). The Kier molecular flexibility index (Phi) is 5.66. The smallest absolute Gasteiger partial charge is 0.135 e. The van der Waals surface area contributed by atoms with Crippen LogP contribution in [0.15, 0.2) is 18.2 Å². The second-order valence-electron chi connectivity index (χ2n) is 8.78. The van der Waals surface area contributed by atoms with Crippen molar-refractivity contribution in [1.82, 2.24) is 14.9 Å². The highest BCUT2D eigenvalue weighted by Gasteiger charge is 2.29. The minimum atomic E-state index is 0.425. The van der Waals surface area contributed by atoms with Gasteiger partial charge < -0.3 is 15.2 Å². The van der Waals surface area contributed by atoms with Gasteiger partial charge in [-0.1, -0.05) is 6.07 Å². The Morgan fingerprint density at radius 2 is 1.55 bits per heavy atom. The van der Waals surface area contributed by atoms with Crippen LogP contribution in [0.2, 0.25) is 0 Å². The van der Waals surface area contributed by atoms with Crippen molar-refractivity contribution in [3.8, 4) is 0 Å². The van der Waals surface area contributed by atoms with Crippen LogP contribution in [0.25, 0.3) is 10.9 Å². The molecular formula is C23H32N4O2. The first-order chi connectivity index (χ1) is 14.3. The van der Waals surface area contributed by atoms with Crippen molar-refractivity contribution in [2.45, 2.75) is 56.4 Å². The lowest BCUT2D eigenvalue weighted by Gasteiger charge is -2.38. The highest BCUT2D eigenvalue weighted by Crippen LogP contribution is 2.36. The molecule has 156 valence electrons. The fraction of sp³-hybridized carbons (Fsp3) is 0.652. The van der Waals surface area contributed by atoms with Crippen molar-refractivity contribution < 1.29 is 9.47 Å². The number of nitrogens with two attached hydrogens (primary N) is 1. The zero-order valence-corrected chi connectivity index (χ0v) is 17.2. The van der Waals surface area contributed by atoms with Crippen LogP contribution in [0.4, 0.5) is 5.82 Å². The van der Waals surface area contributed by atoms with Crippen LogP contribution in [0.3, 0.4) is 0 Å². The van der Waals surface area contributed by atoms with Crippen molar-refractivity contribution in [3.05, 3.63) is 29.6 Å². The lowest BCUT2D eigenvalue weighted by molar-refractivity contribution is 0.00712. The number of hydrogen-bond acceptors (Lipinski definition) is 6. The first-order valence-corrected chi connectivity index (χ1v) is 11.2. The molecule has 0 spiro atoms. The van der Waals surface area contributed by atoms with Crippen LogP contribution in [0.5, 0.6) is 0 Å². The zero-order chi connectivity index (χ0) is 19.6. The molecule has 3 aliphatic rings. The molecule has 2 aromatic rings. The fourth-order valence-corrected chi connectivity index (χ4v) is 5.30. The topological polar surface area (TPSA) is 73.5 Å². The standard InChI is InChI=1S/C23H32N4O2/c24-22-20-15-18(16-7-11-28-12-8-16)3-6-21(20)25-23(26-22)17-1-4-19(5-2-17)27-9-13-29-14-10-27/h3,6,15-17,19H,1-2,4-5,7-14H2,(H2,24,25,26). The number of rotatable bonds is 3. The molecule has 0 amide bonds. The Balaban J connectivity index is 1.31. The predicted octanol–water partition coefficient (Wildman–Crippen LogP) is 3.46. The van der Waals surface area contributed by atoms with E-state index in [0.29, 0.717) is 23.7 Å². The molecule has 1 aromatic carbocycles. The number of ether oxygens (including phenoxy) is 2. The van der Waals surface area contributed by atoms with E-state index in [4.69, 9.17) is 25.2 Å². The molecule has 3 heterocycles. The molecule has 2 aliphatic heterocycles. The largest absolute Gasteiger partial charge is 0.383 e. The summed E-state index contributed by atoms with van der Waals surface area (Å²) in [5.41, 5.74) is 8.74. The van der Waals surface area contributed by atoms with Gasteiger partial charge in [-0.25, -0.2) is 9.97 Å². The third-order valence-electron chi connectivity index (χ3n) is 7.08. The molecule has 0 radical (unpaired) electrons. The molecule has 1 aliphatic carbocycles. The summed E-state index contributed by atoms with van der Waals surface area (Å²) < 4.78 is 11.0. The average Bonchev–Trinajstić information content (AvgIpc) is 2.80. The molecule has 2 saturated heterocycles. The molecule has 0 atom stereocenters. The highest BCUT2D eigenvalue weighted by molar-refractivity contribution is 5.88. The Morgan fingerprint density at radius 1 is 0.828 bits per heavy atom. The summed E-state index contributed by atoms with van der Waals surface area (Å²) in [6.07, 6.45) is 6.89. The minimum Gasteiger partial charge on any atom is -0.383 e. The summed E-state index contributed by atoms with van der Waals surface area (Å²) >= 11 is 0. The molecule has 29 heavy (non-hydrogen) atoms. The normalized spacial score (nSPS) is 27.3. The lowest BCUT2D eigenvalue weighted by Crippen LogP contribution is -2.44. The number of hydrogen-bond donors (Lipinski definition) is 1. The van der Waals surface area contributed by atoms with Crippen LogP contribution in [-0.2, 0) is 9.47 Å². The van der Waals surface area contributed by atoms with Gasteiger partial charge in [0.25, 0.3) is 0 Å². The molecule has 3 fully saturated rings. The van der Waals surface area contributed by atoms with Gasteiger partial charge in [-0.15, -0.1) is 0 Å². The quantitative estimate of drug-likeness (QED) is 0.856. The second-order valence-corrected chi connectivity index (χ2v) is 8.78. The van der Waals surface area contributed by atoms with Crippen molar-refractivity contribution >= 4 is 16.7 Å². The second kappa shape index (κ2) is 8.54. The van der Waals surface area contributed by atoms with Crippen LogP contribution in [0, 0.1) is 0 Å². The Morgan fingerprint density at radius 3 is 2.31 bits per heavy atom. The van der Waals surface area contributed by atoms with E-state index in [2.05, 4.69) is 23.1 Å². The maximum Gasteiger partial charge on any atom is 0.135 e. The fourth-order valence-electron chi connectivity index (χ4n) is 5.30. The summed E-state index contributed by atoms with van der Waals surface area (Å²) in [4.78, 5) is 12.3. The zero-order valence-electron chi connectivity index (χ0n) is 17.2. The third-order valence-corrected chi connectivity index (χ3v) is 7.08. The van der Waals surface area contributed by atoms with Crippen LogP contribution < -0.4 is 5.73 Å². The molecule has 1 aromatic heterocycles. The van der Waals surface area contributed by atoms with Gasteiger partial charge in [0.05, 0.1) is 18.7 Å². The van der Waals surface area contributed by atoms with Gasteiger partial charge in [0.1, 0.15) is 11.6 Å². The van der Waals surface area contributed by atoms with Gasteiger partial charge in [0.2, 0.25) is 0 Å². The Labute approximate surface area is 172 Å². The number of morpholine rings is 1. The van der Waals surface area contributed by atoms with E-state index in [1.54, 1.807) is 0 Å². The van der Waals surface area contributed by atoms with E-state index in [9.17, 15) is 0 Å². The van der Waals surface area contributed by atoms with Gasteiger partial charge >= 0.3 is 0 Å². The number of nitrogen functional groups attached to an aromatic ring is 1. The van der Waals surface area contributed by atoms with Gasteiger partial charge in [-0.2, -0.15) is 0 Å². The number of fused-ring (bicyclic) bond motifs is 1. The SMILES string of the molecule is Nc1nc(C2CCC(N3CCOCC3)CC2)nc2ccc(C3CCOCC3)cc12. The maximum atomic E-state index is 6.41. The maximum absolute atomic E-state index is 6.41. The lowest BCUT2D eigenvalue weighted by atomic mass is 9.84. The average molecular weight is 397 g/mol. The van der Waals surface area contributed by atoms with E-state index in [0.717, 1.165) is 81.9 Å². The van der Waals surface area contributed by atoms with E-state index < -0.39 is 0 Å².